The number of rotatable bonds is 6. The van der Waals surface area contributed by atoms with Crippen LogP contribution in [0.1, 0.15) is 51.9 Å². The molecule has 0 aromatic carbocycles. The third-order valence-corrected chi connectivity index (χ3v) is 5.49. The van der Waals surface area contributed by atoms with Gasteiger partial charge in [0.15, 0.2) is 5.96 Å². The van der Waals surface area contributed by atoms with Crippen molar-refractivity contribution in [2.75, 3.05) is 40.8 Å². The summed E-state index contributed by atoms with van der Waals surface area (Å²) >= 11 is 0. The molecule has 2 unspecified atom stereocenters. The molecule has 0 bridgehead atoms. The highest BCUT2D eigenvalue weighted by molar-refractivity contribution is 5.79. The third kappa shape index (κ3) is 5.64. The number of nitrogens with one attached hydrogen (secondary N) is 2. The molecule has 0 radical (unpaired) electrons. The van der Waals surface area contributed by atoms with E-state index in [2.05, 4.69) is 41.5 Å². The molecule has 2 atom stereocenters. The van der Waals surface area contributed by atoms with E-state index in [0.29, 0.717) is 6.04 Å². The van der Waals surface area contributed by atoms with Gasteiger partial charge in [0.25, 0.3) is 0 Å². The topological polar surface area (TPSA) is 48.9 Å². The molecule has 2 N–H and O–H groups in total. The largest absolute Gasteiger partial charge is 0.373 e. The van der Waals surface area contributed by atoms with Gasteiger partial charge < -0.3 is 20.3 Å². The van der Waals surface area contributed by atoms with Crippen LogP contribution in [0.5, 0.6) is 0 Å². The standard InChI is InChI=1S/C18H36N4O/c1-18(11-8-12-23-18)14-21-17(19-2)20-13-16(22(3)4)15-9-6-5-7-10-15/h15-16H,5-14H2,1-4H3,(H2,19,20,21). The first-order chi connectivity index (χ1) is 11.0. The van der Waals surface area contributed by atoms with Gasteiger partial charge in [0.1, 0.15) is 0 Å². The maximum atomic E-state index is 5.84. The van der Waals surface area contributed by atoms with E-state index in [1.807, 2.05) is 7.05 Å². The van der Waals surface area contributed by atoms with Crippen LogP contribution in [-0.2, 0) is 4.74 Å². The Morgan fingerprint density at radius 2 is 1.96 bits per heavy atom. The van der Waals surface area contributed by atoms with E-state index in [9.17, 15) is 0 Å². The monoisotopic (exact) mass is 324 g/mol. The molecule has 1 aliphatic carbocycles. The fourth-order valence-corrected chi connectivity index (χ4v) is 3.96. The van der Waals surface area contributed by atoms with Crippen molar-refractivity contribution in [3.63, 3.8) is 0 Å². The van der Waals surface area contributed by atoms with E-state index in [1.165, 1.54) is 32.1 Å². The number of guanidine groups is 1. The zero-order chi connectivity index (χ0) is 16.7. The molecule has 0 aromatic heterocycles. The summed E-state index contributed by atoms with van der Waals surface area (Å²) in [4.78, 5) is 6.75. The molecule has 2 aliphatic rings. The van der Waals surface area contributed by atoms with Crippen molar-refractivity contribution in [2.24, 2.45) is 10.9 Å². The first-order valence-electron chi connectivity index (χ1n) is 9.29. The Bertz CT molecular complexity index is 371. The second-order valence-corrected chi connectivity index (χ2v) is 7.64. The van der Waals surface area contributed by atoms with Crippen LogP contribution in [-0.4, -0.2) is 63.3 Å². The minimum absolute atomic E-state index is 0.0397. The molecular formula is C18H36N4O. The number of likely N-dealkylation sites (N-methyl/N-ethyl adjacent to an activating group) is 1. The number of nitrogens with zero attached hydrogens (tertiary/aromatic N) is 2. The Morgan fingerprint density at radius 3 is 2.52 bits per heavy atom. The van der Waals surface area contributed by atoms with Crippen molar-refractivity contribution < 1.29 is 4.74 Å². The van der Waals surface area contributed by atoms with Gasteiger partial charge in [-0.2, -0.15) is 0 Å². The molecule has 1 heterocycles. The zero-order valence-electron chi connectivity index (χ0n) is 15.5. The average Bonchev–Trinajstić information content (AvgIpc) is 2.98. The third-order valence-electron chi connectivity index (χ3n) is 5.49. The van der Waals surface area contributed by atoms with Gasteiger partial charge >= 0.3 is 0 Å². The van der Waals surface area contributed by atoms with Crippen molar-refractivity contribution in [1.29, 1.82) is 0 Å². The van der Waals surface area contributed by atoms with Crippen LogP contribution in [0.15, 0.2) is 4.99 Å². The van der Waals surface area contributed by atoms with Crippen molar-refractivity contribution in [3.05, 3.63) is 0 Å². The lowest BCUT2D eigenvalue weighted by Crippen LogP contribution is -2.50. The second-order valence-electron chi connectivity index (χ2n) is 7.64. The van der Waals surface area contributed by atoms with Gasteiger partial charge in [-0.05, 0) is 52.6 Å². The van der Waals surface area contributed by atoms with Gasteiger partial charge in [-0.15, -0.1) is 0 Å². The molecule has 1 saturated carbocycles. The summed E-state index contributed by atoms with van der Waals surface area (Å²) < 4.78 is 5.84. The van der Waals surface area contributed by atoms with Crippen molar-refractivity contribution >= 4 is 5.96 Å². The van der Waals surface area contributed by atoms with Gasteiger partial charge in [-0.1, -0.05) is 19.3 Å². The Hall–Kier alpha value is -0.810. The second kappa shape index (κ2) is 8.88. The fourth-order valence-electron chi connectivity index (χ4n) is 3.96. The summed E-state index contributed by atoms with van der Waals surface area (Å²) in [6.45, 7) is 4.84. The SMILES string of the molecule is CN=C(NCC(C1CCCCC1)N(C)C)NCC1(C)CCCO1. The van der Waals surface area contributed by atoms with E-state index in [-0.39, 0.29) is 5.60 Å². The first kappa shape index (κ1) is 18.5. The molecule has 2 rings (SSSR count). The number of aliphatic imine (C=N–C) groups is 1. The molecular weight excluding hydrogens is 288 g/mol. The Kier molecular flexibility index (Phi) is 7.15. The van der Waals surface area contributed by atoms with Gasteiger partial charge in [-0.3, -0.25) is 4.99 Å². The lowest BCUT2D eigenvalue weighted by atomic mass is 9.83. The lowest BCUT2D eigenvalue weighted by Gasteiger charge is -2.35. The molecule has 1 saturated heterocycles. The average molecular weight is 325 g/mol. The molecule has 0 amide bonds. The molecule has 1 aliphatic heterocycles. The van der Waals surface area contributed by atoms with Crippen LogP contribution >= 0.6 is 0 Å². The van der Waals surface area contributed by atoms with E-state index in [1.54, 1.807) is 0 Å². The van der Waals surface area contributed by atoms with Gasteiger partial charge in [0.2, 0.25) is 0 Å². The van der Waals surface area contributed by atoms with Gasteiger partial charge in [0, 0.05) is 32.8 Å². The predicted octanol–water partition coefficient (Wildman–Crippen LogP) is 2.23. The normalized spacial score (nSPS) is 28.1. The maximum absolute atomic E-state index is 5.84. The molecule has 5 nitrogen and oxygen atoms in total. The minimum Gasteiger partial charge on any atom is -0.373 e. The quantitative estimate of drug-likeness (QED) is 0.581. The fraction of sp³-hybridized carbons (Fsp3) is 0.944. The van der Waals surface area contributed by atoms with Gasteiger partial charge in [-0.25, -0.2) is 0 Å². The van der Waals surface area contributed by atoms with Crippen LogP contribution in [0.25, 0.3) is 0 Å². The Balaban J connectivity index is 1.80. The summed E-state index contributed by atoms with van der Waals surface area (Å²) in [5, 5.41) is 6.98. The molecule has 5 heteroatoms. The van der Waals surface area contributed by atoms with E-state index >= 15 is 0 Å². The van der Waals surface area contributed by atoms with Crippen molar-refractivity contribution in [1.82, 2.24) is 15.5 Å². The molecule has 134 valence electrons. The number of hydrogen-bond acceptors (Lipinski definition) is 3. The summed E-state index contributed by atoms with van der Waals surface area (Å²) in [5.41, 5.74) is -0.0397. The van der Waals surface area contributed by atoms with Crippen LogP contribution in [0, 0.1) is 5.92 Å². The number of hydrogen-bond donors (Lipinski definition) is 2. The maximum Gasteiger partial charge on any atom is 0.191 e. The predicted molar refractivity (Wildman–Crippen MR) is 97.0 cm³/mol. The summed E-state index contributed by atoms with van der Waals surface area (Å²) in [7, 11) is 6.24. The highest BCUT2D eigenvalue weighted by Gasteiger charge is 2.30. The van der Waals surface area contributed by atoms with Crippen LogP contribution in [0.2, 0.25) is 0 Å². The van der Waals surface area contributed by atoms with Gasteiger partial charge in [0.05, 0.1) is 5.60 Å². The smallest absolute Gasteiger partial charge is 0.191 e. The van der Waals surface area contributed by atoms with E-state index < -0.39 is 0 Å². The Labute approximate surface area is 142 Å². The Morgan fingerprint density at radius 1 is 1.22 bits per heavy atom. The highest BCUT2D eigenvalue weighted by atomic mass is 16.5. The van der Waals surface area contributed by atoms with Crippen molar-refractivity contribution in [3.8, 4) is 0 Å². The molecule has 23 heavy (non-hydrogen) atoms. The zero-order valence-corrected chi connectivity index (χ0v) is 15.5. The van der Waals surface area contributed by atoms with E-state index in [0.717, 1.165) is 44.4 Å². The van der Waals surface area contributed by atoms with E-state index in [4.69, 9.17) is 4.74 Å². The summed E-state index contributed by atoms with van der Waals surface area (Å²) in [6, 6.07) is 0.576. The molecule has 0 spiro atoms. The van der Waals surface area contributed by atoms with Crippen LogP contribution < -0.4 is 10.6 Å². The highest BCUT2D eigenvalue weighted by Crippen LogP contribution is 2.28. The molecule has 2 fully saturated rings. The van der Waals surface area contributed by atoms with Crippen molar-refractivity contribution in [2.45, 2.75) is 63.5 Å². The first-order valence-corrected chi connectivity index (χ1v) is 9.29. The summed E-state index contributed by atoms with van der Waals surface area (Å²) in [5.74, 6) is 1.70. The molecule has 0 aromatic rings. The summed E-state index contributed by atoms with van der Waals surface area (Å²) in [6.07, 6.45) is 9.19. The lowest BCUT2D eigenvalue weighted by molar-refractivity contribution is 0.0242. The van der Waals surface area contributed by atoms with Crippen LogP contribution in [0.4, 0.5) is 0 Å². The van der Waals surface area contributed by atoms with Crippen LogP contribution in [0.3, 0.4) is 0 Å². The number of ether oxygens (including phenoxy) is 1. The minimum atomic E-state index is -0.0397.